The molecule has 0 bridgehead atoms. The Bertz CT molecular complexity index is 1110. The largest absolute Gasteiger partial charge is 0.496 e. The van der Waals surface area contributed by atoms with Gasteiger partial charge in [0, 0.05) is 13.6 Å². The Balaban J connectivity index is 2.40. The minimum absolute atomic E-state index is 0.0859. The highest BCUT2D eigenvalue weighted by Gasteiger charge is 2.20. The maximum Gasteiger partial charge on any atom is 0.261 e. The van der Waals surface area contributed by atoms with E-state index in [9.17, 15) is 21.6 Å². The Labute approximate surface area is 170 Å². The van der Waals surface area contributed by atoms with Gasteiger partial charge in [-0.05, 0) is 43.3 Å². The van der Waals surface area contributed by atoms with Gasteiger partial charge < -0.3 is 10.1 Å². The Morgan fingerprint density at radius 2 is 1.79 bits per heavy atom. The van der Waals surface area contributed by atoms with Crippen molar-refractivity contribution in [2.45, 2.75) is 11.8 Å². The Kier molecular flexibility index (Phi) is 6.75. The summed E-state index contributed by atoms with van der Waals surface area (Å²) >= 11 is 0. The second-order valence-electron chi connectivity index (χ2n) is 6.11. The molecule has 0 saturated heterocycles. The van der Waals surface area contributed by atoms with Crippen LogP contribution in [0.3, 0.4) is 0 Å². The van der Waals surface area contributed by atoms with E-state index in [-0.39, 0.29) is 21.9 Å². The average Bonchev–Trinajstić information content (AvgIpc) is 2.66. The molecule has 0 spiro atoms. The fourth-order valence-corrected chi connectivity index (χ4v) is 4.03. The second kappa shape index (κ2) is 8.70. The van der Waals surface area contributed by atoms with Crippen molar-refractivity contribution in [3.63, 3.8) is 0 Å². The van der Waals surface area contributed by atoms with Crippen LogP contribution in [0.25, 0.3) is 0 Å². The predicted molar refractivity (Wildman–Crippen MR) is 111 cm³/mol. The van der Waals surface area contributed by atoms with Crippen LogP contribution in [0, 0.1) is 0 Å². The number of sulfonamides is 2. The molecule has 2 N–H and O–H groups in total. The van der Waals surface area contributed by atoms with E-state index in [0.717, 1.165) is 10.6 Å². The molecule has 0 aliphatic rings. The zero-order chi connectivity index (χ0) is 21.8. The van der Waals surface area contributed by atoms with Crippen LogP contribution in [0.4, 0.5) is 11.4 Å². The number of carbonyl (C=O) groups is 1. The third kappa shape index (κ3) is 5.39. The van der Waals surface area contributed by atoms with E-state index < -0.39 is 26.0 Å². The number of carbonyl (C=O) groups excluding carboxylic acids is 1. The average molecular weight is 442 g/mol. The van der Waals surface area contributed by atoms with Crippen molar-refractivity contribution in [2.24, 2.45) is 0 Å². The second-order valence-corrected chi connectivity index (χ2v) is 9.80. The highest BCUT2D eigenvalue weighted by molar-refractivity contribution is 7.92. The molecule has 0 unspecified atom stereocenters. The van der Waals surface area contributed by atoms with Gasteiger partial charge in [0.15, 0.2) is 0 Å². The van der Waals surface area contributed by atoms with Crippen LogP contribution in [0.2, 0.25) is 0 Å². The van der Waals surface area contributed by atoms with E-state index in [1.165, 1.54) is 50.6 Å². The first-order valence-corrected chi connectivity index (χ1v) is 11.9. The van der Waals surface area contributed by atoms with Crippen LogP contribution in [0.15, 0.2) is 47.4 Å². The van der Waals surface area contributed by atoms with Gasteiger partial charge in [-0.1, -0.05) is 6.07 Å². The first-order valence-electron chi connectivity index (χ1n) is 8.52. The van der Waals surface area contributed by atoms with E-state index in [1.807, 2.05) is 0 Å². The van der Waals surface area contributed by atoms with E-state index >= 15 is 0 Å². The number of nitrogens with zero attached hydrogens (tertiary/aromatic N) is 1. The van der Waals surface area contributed by atoms with Crippen LogP contribution >= 0.6 is 0 Å². The smallest absolute Gasteiger partial charge is 0.261 e. The van der Waals surface area contributed by atoms with Crippen molar-refractivity contribution in [1.82, 2.24) is 5.32 Å². The summed E-state index contributed by atoms with van der Waals surface area (Å²) in [5.74, 6) is -0.218. The molecule has 0 aliphatic heterocycles. The quantitative estimate of drug-likeness (QED) is 0.642. The molecule has 0 aliphatic carbocycles. The van der Waals surface area contributed by atoms with Gasteiger partial charge in [-0.25, -0.2) is 16.8 Å². The Hall–Kier alpha value is -2.79. The molecule has 0 atom stereocenters. The summed E-state index contributed by atoms with van der Waals surface area (Å²) in [6.45, 7) is 2.12. The monoisotopic (exact) mass is 441 g/mol. The van der Waals surface area contributed by atoms with Gasteiger partial charge in [0.1, 0.15) is 5.75 Å². The van der Waals surface area contributed by atoms with Gasteiger partial charge in [0.05, 0.1) is 35.2 Å². The molecule has 0 fully saturated rings. The van der Waals surface area contributed by atoms with Crippen molar-refractivity contribution < 1.29 is 26.4 Å². The molecule has 0 saturated carbocycles. The zero-order valence-corrected chi connectivity index (χ0v) is 18.1. The molecule has 0 heterocycles. The minimum Gasteiger partial charge on any atom is -0.496 e. The lowest BCUT2D eigenvalue weighted by atomic mass is 10.2. The first-order chi connectivity index (χ1) is 13.5. The zero-order valence-electron chi connectivity index (χ0n) is 16.5. The topological polar surface area (TPSA) is 122 Å². The molecular weight excluding hydrogens is 418 g/mol. The van der Waals surface area contributed by atoms with Crippen molar-refractivity contribution >= 4 is 37.3 Å². The summed E-state index contributed by atoms with van der Waals surface area (Å²) in [5.41, 5.74) is 0.557. The number of benzene rings is 2. The lowest BCUT2D eigenvalue weighted by Crippen LogP contribution is -2.25. The van der Waals surface area contributed by atoms with Crippen LogP contribution < -0.4 is 19.1 Å². The fraction of sp³-hybridized carbons (Fsp3) is 0.278. The highest BCUT2D eigenvalue weighted by Crippen LogP contribution is 2.26. The summed E-state index contributed by atoms with van der Waals surface area (Å²) in [7, 11) is -4.79. The maximum atomic E-state index is 12.8. The van der Waals surface area contributed by atoms with E-state index in [0.29, 0.717) is 12.2 Å². The summed E-state index contributed by atoms with van der Waals surface area (Å²) in [6.07, 6.45) is 1.05. The number of hydrogen-bond acceptors (Lipinski definition) is 6. The number of anilines is 2. The molecule has 9 nitrogen and oxygen atoms in total. The first kappa shape index (κ1) is 22.5. The normalized spacial score (nSPS) is 11.6. The van der Waals surface area contributed by atoms with Crippen LogP contribution in [-0.2, 0) is 20.0 Å². The third-order valence-electron chi connectivity index (χ3n) is 4.02. The molecule has 11 heteroatoms. The van der Waals surface area contributed by atoms with E-state index in [4.69, 9.17) is 4.74 Å². The van der Waals surface area contributed by atoms with E-state index in [2.05, 4.69) is 10.0 Å². The van der Waals surface area contributed by atoms with Crippen LogP contribution in [0.5, 0.6) is 5.75 Å². The Morgan fingerprint density at radius 3 is 2.38 bits per heavy atom. The molecule has 0 aromatic heterocycles. The van der Waals surface area contributed by atoms with Crippen LogP contribution in [-0.4, -0.2) is 49.7 Å². The maximum absolute atomic E-state index is 12.8. The molecular formula is C18H23N3O6S2. The summed E-state index contributed by atoms with van der Waals surface area (Å²) < 4.78 is 57.6. The number of rotatable bonds is 8. The molecule has 0 radical (unpaired) electrons. The van der Waals surface area contributed by atoms with Gasteiger partial charge in [-0.15, -0.1) is 0 Å². The predicted octanol–water partition coefficient (Wildman–Crippen LogP) is 1.64. The molecule has 29 heavy (non-hydrogen) atoms. The van der Waals surface area contributed by atoms with Gasteiger partial charge in [-0.2, -0.15) is 0 Å². The van der Waals surface area contributed by atoms with Gasteiger partial charge in [0.2, 0.25) is 10.0 Å². The number of methoxy groups -OCH3 is 1. The number of amides is 1. The third-order valence-corrected chi connectivity index (χ3v) is 6.61. The van der Waals surface area contributed by atoms with Crippen LogP contribution in [0.1, 0.15) is 17.3 Å². The molecule has 1 amide bonds. The van der Waals surface area contributed by atoms with Crippen molar-refractivity contribution in [1.29, 1.82) is 0 Å². The number of ether oxygens (including phenoxy) is 1. The molecule has 2 aromatic rings. The molecule has 2 aromatic carbocycles. The van der Waals surface area contributed by atoms with Gasteiger partial charge >= 0.3 is 0 Å². The lowest BCUT2D eigenvalue weighted by Gasteiger charge is -2.18. The number of hydrogen-bond donors (Lipinski definition) is 2. The molecule has 2 rings (SSSR count). The SMILES string of the molecule is CCNC(=O)c1cc(S(=O)(=O)Nc2cccc(N(C)S(C)(=O)=O)c2)ccc1OC. The molecule has 158 valence electrons. The van der Waals surface area contributed by atoms with Crippen molar-refractivity contribution in [3.05, 3.63) is 48.0 Å². The standard InChI is InChI=1S/C18H23N3O6S2/c1-5-19-18(22)16-12-15(9-10-17(16)27-3)29(25,26)20-13-7-6-8-14(11-13)21(2)28(4,23)24/h6-12,20H,5H2,1-4H3,(H,19,22). The fourth-order valence-electron chi connectivity index (χ4n) is 2.46. The van der Waals surface area contributed by atoms with Gasteiger partial charge in [-0.3, -0.25) is 13.8 Å². The van der Waals surface area contributed by atoms with E-state index in [1.54, 1.807) is 13.0 Å². The minimum atomic E-state index is -4.04. The number of nitrogens with one attached hydrogen (secondary N) is 2. The van der Waals surface area contributed by atoms with Crippen molar-refractivity contribution in [2.75, 3.05) is 36.0 Å². The lowest BCUT2D eigenvalue weighted by molar-refractivity contribution is 0.0952. The Morgan fingerprint density at radius 1 is 1.10 bits per heavy atom. The summed E-state index contributed by atoms with van der Waals surface area (Å²) in [4.78, 5) is 12.1. The summed E-state index contributed by atoms with van der Waals surface area (Å²) in [6, 6.07) is 9.89. The highest BCUT2D eigenvalue weighted by atomic mass is 32.2. The van der Waals surface area contributed by atoms with Gasteiger partial charge in [0.25, 0.3) is 15.9 Å². The summed E-state index contributed by atoms with van der Waals surface area (Å²) in [5, 5.41) is 2.60. The van der Waals surface area contributed by atoms with Crippen molar-refractivity contribution in [3.8, 4) is 5.75 Å².